The molecule has 0 spiro atoms. The van der Waals surface area contributed by atoms with Crippen molar-refractivity contribution in [3.8, 4) is 16.8 Å². The van der Waals surface area contributed by atoms with E-state index in [-0.39, 0.29) is 5.41 Å². The normalized spacial score (nSPS) is 14.3. The highest BCUT2D eigenvalue weighted by atomic mass is 79.9. The van der Waals surface area contributed by atoms with Gasteiger partial charge in [-0.1, -0.05) is 78.3 Å². The number of halogens is 1. The molecule has 29 heavy (non-hydrogen) atoms. The minimum Gasteiger partial charge on any atom is -0.309 e. The van der Waals surface area contributed by atoms with Crippen molar-refractivity contribution < 1.29 is 0 Å². The SMILES string of the molecule is CC1(C)c2ccccc2-c2cc3c4ccccc4n(-c4cccc(Br)c4)c3cc21. The maximum Gasteiger partial charge on any atom is 0.0544 e. The lowest BCUT2D eigenvalue weighted by Gasteiger charge is -2.21. The molecule has 140 valence electrons. The lowest BCUT2D eigenvalue weighted by atomic mass is 9.82. The minimum absolute atomic E-state index is 0.00132. The van der Waals surface area contributed by atoms with Crippen LogP contribution in [0, 0.1) is 0 Å². The number of fused-ring (bicyclic) bond motifs is 6. The van der Waals surface area contributed by atoms with E-state index in [1.807, 2.05) is 0 Å². The third kappa shape index (κ3) is 2.27. The summed E-state index contributed by atoms with van der Waals surface area (Å²) in [6.45, 7) is 4.69. The van der Waals surface area contributed by atoms with E-state index in [1.54, 1.807) is 0 Å². The summed E-state index contributed by atoms with van der Waals surface area (Å²) < 4.78 is 3.49. The Morgan fingerprint density at radius 3 is 2.31 bits per heavy atom. The quantitative estimate of drug-likeness (QED) is 0.251. The van der Waals surface area contributed by atoms with E-state index in [1.165, 1.54) is 49.7 Å². The Hall–Kier alpha value is -2.84. The fourth-order valence-electron chi connectivity index (χ4n) is 5.06. The molecule has 0 fully saturated rings. The first kappa shape index (κ1) is 17.1. The molecule has 1 aromatic heterocycles. The van der Waals surface area contributed by atoms with Crippen LogP contribution in [0.5, 0.6) is 0 Å². The Kier molecular flexibility index (Phi) is 3.43. The molecule has 1 aliphatic rings. The molecule has 2 heteroatoms. The summed E-state index contributed by atoms with van der Waals surface area (Å²) in [6, 6.07) is 31.0. The van der Waals surface area contributed by atoms with Gasteiger partial charge in [-0.15, -0.1) is 0 Å². The van der Waals surface area contributed by atoms with Crippen LogP contribution in [0.3, 0.4) is 0 Å². The fourth-order valence-corrected chi connectivity index (χ4v) is 5.44. The van der Waals surface area contributed by atoms with Crippen molar-refractivity contribution in [3.63, 3.8) is 0 Å². The fraction of sp³-hybridized carbons (Fsp3) is 0.111. The van der Waals surface area contributed by atoms with E-state index in [0.29, 0.717) is 0 Å². The molecule has 1 heterocycles. The van der Waals surface area contributed by atoms with E-state index >= 15 is 0 Å². The molecule has 0 N–H and O–H groups in total. The van der Waals surface area contributed by atoms with E-state index < -0.39 is 0 Å². The molecule has 0 saturated carbocycles. The zero-order valence-corrected chi connectivity index (χ0v) is 18.0. The Labute approximate surface area is 178 Å². The topological polar surface area (TPSA) is 4.93 Å². The second-order valence-corrected chi connectivity index (χ2v) is 9.33. The predicted octanol–water partition coefficient (Wildman–Crippen LogP) is 7.85. The largest absolute Gasteiger partial charge is 0.309 e. The smallest absolute Gasteiger partial charge is 0.0544 e. The summed E-state index contributed by atoms with van der Waals surface area (Å²) in [5, 5.41) is 2.61. The molecule has 0 atom stereocenters. The Bertz CT molecular complexity index is 1440. The lowest BCUT2D eigenvalue weighted by molar-refractivity contribution is 0.661. The van der Waals surface area contributed by atoms with E-state index in [4.69, 9.17) is 0 Å². The summed E-state index contributed by atoms with van der Waals surface area (Å²) in [6.07, 6.45) is 0. The zero-order valence-electron chi connectivity index (χ0n) is 16.4. The molecule has 0 saturated heterocycles. The van der Waals surface area contributed by atoms with Crippen molar-refractivity contribution in [3.05, 3.63) is 101 Å². The maximum absolute atomic E-state index is 3.65. The van der Waals surface area contributed by atoms with Gasteiger partial charge in [0, 0.05) is 26.3 Å². The summed E-state index contributed by atoms with van der Waals surface area (Å²) in [5.74, 6) is 0. The Balaban J connectivity index is 1.78. The van der Waals surface area contributed by atoms with Crippen LogP contribution in [-0.4, -0.2) is 4.57 Å². The van der Waals surface area contributed by atoms with Gasteiger partial charge >= 0.3 is 0 Å². The first-order valence-corrected chi connectivity index (χ1v) is 10.8. The standard InChI is InChI=1S/C27H20BrN/c1-27(2)23-12-5-3-10-19(23)21-15-22-20-11-4-6-13-25(20)29(26(22)16-24(21)27)18-9-7-8-17(28)14-18/h3-16H,1-2H3. The third-order valence-corrected chi connectivity index (χ3v) is 6.94. The number of nitrogens with zero attached hydrogens (tertiary/aromatic N) is 1. The number of para-hydroxylation sites is 1. The van der Waals surface area contributed by atoms with E-state index in [2.05, 4.69) is 119 Å². The van der Waals surface area contributed by atoms with Gasteiger partial charge in [0.25, 0.3) is 0 Å². The van der Waals surface area contributed by atoms with Crippen molar-refractivity contribution in [2.45, 2.75) is 19.3 Å². The molecule has 0 unspecified atom stereocenters. The first-order valence-electron chi connectivity index (χ1n) is 9.99. The second kappa shape index (κ2) is 5.84. The molecule has 1 nitrogen and oxygen atoms in total. The Morgan fingerprint density at radius 2 is 1.45 bits per heavy atom. The van der Waals surface area contributed by atoms with Gasteiger partial charge in [0.1, 0.15) is 0 Å². The third-order valence-electron chi connectivity index (χ3n) is 6.44. The van der Waals surface area contributed by atoms with Gasteiger partial charge in [-0.3, -0.25) is 0 Å². The number of hydrogen-bond donors (Lipinski definition) is 0. The highest BCUT2D eigenvalue weighted by Crippen LogP contribution is 2.50. The summed E-state index contributed by atoms with van der Waals surface area (Å²) in [4.78, 5) is 0. The van der Waals surface area contributed by atoms with Crippen molar-refractivity contribution in [2.24, 2.45) is 0 Å². The number of benzene rings is 4. The molecular formula is C27H20BrN. The minimum atomic E-state index is -0.00132. The van der Waals surface area contributed by atoms with Gasteiger partial charge in [0.15, 0.2) is 0 Å². The summed E-state index contributed by atoms with van der Waals surface area (Å²) >= 11 is 3.65. The van der Waals surface area contributed by atoms with Crippen molar-refractivity contribution in [1.82, 2.24) is 4.57 Å². The van der Waals surface area contributed by atoms with E-state index in [9.17, 15) is 0 Å². The van der Waals surface area contributed by atoms with Gasteiger partial charge in [-0.2, -0.15) is 0 Å². The average Bonchev–Trinajstić information content (AvgIpc) is 3.17. The van der Waals surface area contributed by atoms with Crippen LogP contribution in [0.4, 0.5) is 0 Å². The maximum atomic E-state index is 3.65. The van der Waals surface area contributed by atoms with Gasteiger partial charge in [0.05, 0.1) is 11.0 Å². The van der Waals surface area contributed by atoms with Gasteiger partial charge in [0.2, 0.25) is 0 Å². The van der Waals surface area contributed by atoms with Crippen LogP contribution in [0.2, 0.25) is 0 Å². The first-order chi connectivity index (χ1) is 14.1. The van der Waals surface area contributed by atoms with Gasteiger partial charge in [-0.25, -0.2) is 0 Å². The molecule has 0 aliphatic heterocycles. The van der Waals surface area contributed by atoms with Crippen molar-refractivity contribution in [1.29, 1.82) is 0 Å². The van der Waals surface area contributed by atoms with Gasteiger partial charge in [-0.05, 0) is 58.7 Å². The molecule has 0 amide bonds. The molecule has 5 aromatic rings. The molecular weight excluding hydrogens is 418 g/mol. The highest BCUT2D eigenvalue weighted by molar-refractivity contribution is 9.10. The van der Waals surface area contributed by atoms with Crippen LogP contribution in [0.15, 0.2) is 89.4 Å². The number of hydrogen-bond acceptors (Lipinski definition) is 0. The lowest BCUT2D eigenvalue weighted by Crippen LogP contribution is -2.14. The highest BCUT2D eigenvalue weighted by Gasteiger charge is 2.36. The van der Waals surface area contributed by atoms with Crippen LogP contribution >= 0.6 is 15.9 Å². The molecule has 6 rings (SSSR count). The second-order valence-electron chi connectivity index (χ2n) is 8.42. The predicted molar refractivity (Wildman–Crippen MR) is 126 cm³/mol. The summed E-state index contributed by atoms with van der Waals surface area (Å²) in [7, 11) is 0. The van der Waals surface area contributed by atoms with Crippen LogP contribution in [0.25, 0.3) is 38.6 Å². The van der Waals surface area contributed by atoms with Crippen LogP contribution in [-0.2, 0) is 5.41 Å². The number of rotatable bonds is 1. The molecule has 1 aliphatic carbocycles. The van der Waals surface area contributed by atoms with Crippen LogP contribution in [0.1, 0.15) is 25.0 Å². The molecule has 0 radical (unpaired) electrons. The van der Waals surface area contributed by atoms with Crippen molar-refractivity contribution >= 4 is 37.7 Å². The molecule has 4 aromatic carbocycles. The van der Waals surface area contributed by atoms with Crippen molar-refractivity contribution in [2.75, 3.05) is 0 Å². The monoisotopic (exact) mass is 437 g/mol. The van der Waals surface area contributed by atoms with Crippen LogP contribution < -0.4 is 0 Å². The zero-order chi connectivity index (χ0) is 19.8. The van der Waals surface area contributed by atoms with E-state index in [0.717, 1.165) is 4.47 Å². The molecule has 0 bridgehead atoms. The summed E-state index contributed by atoms with van der Waals surface area (Å²) in [5.41, 5.74) is 9.26. The van der Waals surface area contributed by atoms with Gasteiger partial charge < -0.3 is 4.57 Å². The Morgan fingerprint density at radius 1 is 0.655 bits per heavy atom. The number of aromatic nitrogens is 1. The average molecular weight is 438 g/mol.